The van der Waals surface area contributed by atoms with Gasteiger partial charge >= 0.3 is 5.97 Å². The Bertz CT molecular complexity index is 555. The lowest BCUT2D eigenvalue weighted by molar-refractivity contribution is -0.384. The number of carbonyl (C=O) groups is 2. The summed E-state index contributed by atoms with van der Waals surface area (Å²) in [4.78, 5) is 32.1. The van der Waals surface area contributed by atoms with E-state index in [1.165, 1.54) is 12.1 Å². The molecule has 108 valence electrons. The van der Waals surface area contributed by atoms with Crippen molar-refractivity contribution in [2.24, 2.45) is 0 Å². The predicted molar refractivity (Wildman–Crippen MR) is 69.7 cm³/mol. The van der Waals surface area contributed by atoms with Gasteiger partial charge in [-0.05, 0) is 31.0 Å². The Hall–Kier alpha value is -2.48. The second-order valence-corrected chi connectivity index (χ2v) is 4.15. The van der Waals surface area contributed by atoms with Gasteiger partial charge in [0.25, 0.3) is 11.6 Å². The molecule has 0 aliphatic carbocycles. The van der Waals surface area contributed by atoms with Crippen molar-refractivity contribution >= 4 is 23.3 Å². The van der Waals surface area contributed by atoms with Gasteiger partial charge in [0.05, 0.1) is 4.92 Å². The van der Waals surface area contributed by atoms with E-state index >= 15 is 0 Å². The first-order valence-corrected chi connectivity index (χ1v) is 5.66. The largest absolute Gasteiger partial charge is 0.480 e. The number of rotatable bonds is 6. The first-order valence-electron chi connectivity index (χ1n) is 5.66. The maximum absolute atomic E-state index is 11.5. The molecule has 0 fully saturated rings. The van der Waals surface area contributed by atoms with Gasteiger partial charge in [-0.1, -0.05) is 0 Å². The van der Waals surface area contributed by atoms with Crippen LogP contribution < -0.4 is 5.32 Å². The number of aliphatic carboxylic acids is 1. The molecule has 1 aromatic carbocycles. The van der Waals surface area contributed by atoms with Gasteiger partial charge in [-0.3, -0.25) is 14.9 Å². The molecule has 0 saturated heterocycles. The molecule has 0 heterocycles. The summed E-state index contributed by atoms with van der Waals surface area (Å²) in [5.41, 5.74) is 1.36. The van der Waals surface area contributed by atoms with Gasteiger partial charge in [-0.25, -0.2) is 4.79 Å². The van der Waals surface area contributed by atoms with Gasteiger partial charge < -0.3 is 15.2 Å². The molecule has 0 atom stereocenters. The molecule has 0 bridgehead atoms. The highest BCUT2D eigenvalue weighted by molar-refractivity contribution is 5.94. The van der Waals surface area contributed by atoms with Crippen LogP contribution in [0.25, 0.3) is 0 Å². The van der Waals surface area contributed by atoms with Crippen molar-refractivity contribution in [1.29, 1.82) is 0 Å². The van der Waals surface area contributed by atoms with Crippen LogP contribution in [-0.4, -0.2) is 35.1 Å². The topological polar surface area (TPSA) is 119 Å². The summed E-state index contributed by atoms with van der Waals surface area (Å²) < 4.78 is 4.60. The van der Waals surface area contributed by atoms with Crippen molar-refractivity contribution in [3.63, 3.8) is 0 Å². The molecule has 0 aromatic heterocycles. The van der Waals surface area contributed by atoms with E-state index in [1.54, 1.807) is 13.8 Å². The van der Waals surface area contributed by atoms with Crippen LogP contribution in [0.15, 0.2) is 12.1 Å². The highest BCUT2D eigenvalue weighted by atomic mass is 16.6. The van der Waals surface area contributed by atoms with E-state index in [9.17, 15) is 19.7 Å². The maximum Gasteiger partial charge on any atom is 0.329 e. The van der Waals surface area contributed by atoms with Crippen molar-refractivity contribution in [1.82, 2.24) is 0 Å². The number of nitro benzene ring substituents is 1. The summed E-state index contributed by atoms with van der Waals surface area (Å²) in [5.74, 6) is -1.85. The highest BCUT2D eigenvalue weighted by Gasteiger charge is 2.17. The fourth-order valence-electron chi connectivity index (χ4n) is 1.47. The lowest BCUT2D eigenvalue weighted by Gasteiger charge is -2.08. The molecule has 0 saturated carbocycles. The van der Waals surface area contributed by atoms with Gasteiger partial charge in [0.2, 0.25) is 0 Å². The van der Waals surface area contributed by atoms with E-state index in [4.69, 9.17) is 5.11 Å². The van der Waals surface area contributed by atoms with Crippen LogP contribution in [-0.2, 0) is 14.3 Å². The fraction of sp³-hybridized carbons (Fsp3) is 0.333. The van der Waals surface area contributed by atoms with Gasteiger partial charge in [-0.15, -0.1) is 0 Å². The first kappa shape index (κ1) is 15.6. The Kier molecular flexibility index (Phi) is 5.15. The van der Waals surface area contributed by atoms with Gasteiger partial charge in [0.15, 0.2) is 0 Å². The predicted octanol–water partition coefficient (Wildman–Crippen LogP) is 1.25. The van der Waals surface area contributed by atoms with Crippen LogP contribution in [0.2, 0.25) is 0 Å². The Balaban J connectivity index is 2.80. The van der Waals surface area contributed by atoms with Gasteiger partial charge in [0, 0.05) is 6.07 Å². The number of hydrogen-bond acceptors (Lipinski definition) is 5. The summed E-state index contributed by atoms with van der Waals surface area (Å²) in [6.07, 6.45) is 0. The number of aryl methyl sites for hydroxylation is 2. The third kappa shape index (κ3) is 4.32. The second kappa shape index (κ2) is 6.62. The minimum absolute atomic E-state index is 0.0574. The van der Waals surface area contributed by atoms with E-state index in [2.05, 4.69) is 10.1 Å². The molecular formula is C12H14N2O6. The van der Waals surface area contributed by atoms with E-state index in [1.807, 2.05) is 0 Å². The summed E-state index contributed by atoms with van der Waals surface area (Å²) in [6.45, 7) is 2.39. The minimum Gasteiger partial charge on any atom is -0.480 e. The van der Waals surface area contributed by atoms with Crippen LogP contribution in [0.5, 0.6) is 0 Å². The number of nitrogens with zero attached hydrogens (tertiary/aromatic N) is 1. The zero-order chi connectivity index (χ0) is 15.3. The zero-order valence-electron chi connectivity index (χ0n) is 11.0. The third-order valence-corrected chi connectivity index (χ3v) is 2.54. The molecule has 0 aliphatic heterocycles. The number of amides is 1. The first-order chi connectivity index (χ1) is 9.31. The molecule has 8 nitrogen and oxygen atoms in total. The Morgan fingerprint density at radius 3 is 2.45 bits per heavy atom. The Morgan fingerprint density at radius 1 is 1.30 bits per heavy atom. The number of benzene rings is 1. The number of carboxylic acids is 1. The van der Waals surface area contributed by atoms with E-state index in [0.29, 0.717) is 0 Å². The number of carboxylic acid groups (broad SMARTS) is 1. The van der Waals surface area contributed by atoms with Crippen molar-refractivity contribution in [2.45, 2.75) is 13.8 Å². The standard InChI is InChI=1S/C12H14N2O6/c1-7-3-9(10(14(18)19)4-8(7)2)13-11(15)5-20-6-12(16)17/h3-4H,5-6H2,1-2H3,(H,13,15)(H,16,17). The molecule has 1 rings (SSSR count). The summed E-state index contributed by atoms with van der Waals surface area (Å²) in [6, 6.07) is 2.85. The molecule has 2 N–H and O–H groups in total. The number of nitrogens with one attached hydrogen (secondary N) is 1. The van der Waals surface area contributed by atoms with Gasteiger partial charge in [-0.2, -0.15) is 0 Å². The summed E-state index contributed by atoms with van der Waals surface area (Å²) in [7, 11) is 0. The van der Waals surface area contributed by atoms with E-state index in [-0.39, 0.29) is 11.4 Å². The van der Waals surface area contributed by atoms with Crippen LogP contribution in [0.3, 0.4) is 0 Å². The lowest BCUT2D eigenvalue weighted by Crippen LogP contribution is -2.21. The van der Waals surface area contributed by atoms with Crippen LogP contribution in [0.1, 0.15) is 11.1 Å². The Morgan fingerprint density at radius 2 is 1.90 bits per heavy atom. The van der Waals surface area contributed by atoms with Crippen molar-refractivity contribution < 1.29 is 24.4 Å². The molecule has 20 heavy (non-hydrogen) atoms. The fourth-order valence-corrected chi connectivity index (χ4v) is 1.47. The van der Waals surface area contributed by atoms with E-state index < -0.39 is 30.0 Å². The molecule has 0 unspecified atom stereocenters. The van der Waals surface area contributed by atoms with Crippen molar-refractivity contribution in [3.05, 3.63) is 33.4 Å². The third-order valence-electron chi connectivity index (χ3n) is 2.54. The summed E-state index contributed by atoms with van der Waals surface area (Å²) >= 11 is 0. The average molecular weight is 282 g/mol. The lowest BCUT2D eigenvalue weighted by atomic mass is 10.1. The Labute approximate surface area is 114 Å². The minimum atomic E-state index is -1.20. The van der Waals surface area contributed by atoms with Crippen LogP contribution in [0, 0.1) is 24.0 Å². The van der Waals surface area contributed by atoms with Crippen LogP contribution >= 0.6 is 0 Å². The normalized spacial score (nSPS) is 10.1. The molecule has 0 aliphatic rings. The molecule has 1 aromatic rings. The smallest absolute Gasteiger partial charge is 0.329 e. The number of carbonyl (C=O) groups excluding carboxylic acids is 1. The SMILES string of the molecule is Cc1cc(NC(=O)COCC(=O)O)c([N+](=O)[O-])cc1C. The number of anilines is 1. The summed E-state index contributed by atoms with van der Waals surface area (Å²) in [5, 5.41) is 21.6. The number of ether oxygens (including phenoxy) is 1. The highest BCUT2D eigenvalue weighted by Crippen LogP contribution is 2.27. The molecule has 8 heteroatoms. The second-order valence-electron chi connectivity index (χ2n) is 4.15. The van der Waals surface area contributed by atoms with Crippen molar-refractivity contribution in [2.75, 3.05) is 18.5 Å². The zero-order valence-corrected chi connectivity index (χ0v) is 11.0. The van der Waals surface area contributed by atoms with Crippen molar-refractivity contribution in [3.8, 4) is 0 Å². The molecule has 1 amide bonds. The number of hydrogen-bond donors (Lipinski definition) is 2. The monoisotopic (exact) mass is 282 g/mol. The maximum atomic E-state index is 11.5. The molecule has 0 spiro atoms. The molecule has 0 radical (unpaired) electrons. The number of nitro groups is 1. The quantitative estimate of drug-likeness (QED) is 0.598. The molecular weight excluding hydrogens is 268 g/mol. The average Bonchev–Trinajstić information content (AvgIpc) is 2.32. The van der Waals surface area contributed by atoms with Crippen LogP contribution in [0.4, 0.5) is 11.4 Å². The van der Waals surface area contributed by atoms with E-state index in [0.717, 1.165) is 11.1 Å². The van der Waals surface area contributed by atoms with Gasteiger partial charge in [0.1, 0.15) is 18.9 Å².